The van der Waals surface area contributed by atoms with Crippen LogP contribution in [0.4, 0.5) is 20.7 Å². The van der Waals surface area contributed by atoms with Gasteiger partial charge in [0.25, 0.3) is 0 Å². The topological polar surface area (TPSA) is 95.1 Å². The Bertz CT molecular complexity index is 1920. The number of hydrogen-bond donors (Lipinski definition) is 0. The summed E-state index contributed by atoms with van der Waals surface area (Å²) in [6.07, 6.45) is 12.0. The summed E-state index contributed by atoms with van der Waals surface area (Å²) in [5, 5.41) is 4.84. The number of imidazole rings is 1. The predicted octanol–water partition coefficient (Wildman–Crippen LogP) is 5.74. The summed E-state index contributed by atoms with van der Waals surface area (Å²) in [6.45, 7) is 3.87. The maximum atomic E-state index is 15.2. The molecule has 5 aromatic rings. The van der Waals surface area contributed by atoms with Crippen LogP contribution in [-0.2, 0) is 29.3 Å². The van der Waals surface area contributed by atoms with Gasteiger partial charge in [-0.1, -0.05) is 18.6 Å². The lowest BCUT2D eigenvalue weighted by Gasteiger charge is -2.30. The molecule has 2 aliphatic rings. The van der Waals surface area contributed by atoms with Crippen LogP contribution in [0, 0.1) is 11.6 Å². The van der Waals surface area contributed by atoms with E-state index in [1.165, 1.54) is 6.42 Å². The summed E-state index contributed by atoms with van der Waals surface area (Å²) in [5.41, 5.74) is 3.34. The Balaban J connectivity index is 1.34. The van der Waals surface area contributed by atoms with E-state index >= 15 is 4.39 Å². The number of fused-ring (bicyclic) bond motifs is 2. The predicted molar refractivity (Wildman–Crippen MR) is 189 cm³/mol. The van der Waals surface area contributed by atoms with Crippen molar-refractivity contribution in [1.29, 1.82) is 0 Å². The Hall–Kier alpha value is -4.01. The van der Waals surface area contributed by atoms with Gasteiger partial charge in [-0.15, -0.1) is 0 Å². The summed E-state index contributed by atoms with van der Waals surface area (Å²) in [6, 6.07) is 10.6. The molecule has 0 spiro atoms. The highest BCUT2D eigenvalue weighted by Gasteiger charge is 2.29. The van der Waals surface area contributed by atoms with Gasteiger partial charge in [0.2, 0.25) is 11.9 Å². The number of benzene rings is 2. The molecule has 2 aromatic carbocycles. The van der Waals surface area contributed by atoms with Crippen LogP contribution >= 0.6 is 10.0 Å². The van der Waals surface area contributed by atoms with Crippen molar-refractivity contribution in [2.24, 2.45) is 0 Å². The zero-order valence-corrected chi connectivity index (χ0v) is 29.4. The number of anilines is 2. The minimum Gasteiger partial charge on any atom is -0.497 e. The number of morpholine rings is 1. The molecule has 49 heavy (non-hydrogen) atoms. The van der Waals surface area contributed by atoms with E-state index in [4.69, 9.17) is 34.3 Å². The third-order valence-corrected chi connectivity index (χ3v) is 10.7. The van der Waals surface area contributed by atoms with Crippen LogP contribution in [0.3, 0.4) is 0 Å². The maximum absolute atomic E-state index is 15.2. The number of hydrogen-bond acceptors (Lipinski definition) is 9. The lowest BCUT2D eigenvalue weighted by molar-refractivity contribution is 0.0903. The molecule has 0 bridgehead atoms. The van der Waals surface area contributed by atoms with E-state index in [1.54, 1.807) is 13.2 Å². The molecule has 7 rings (SSSR count). The van der Waals surface area contributed by atoms with Crippen LogP contribution in [-0.4, -0.2) is 93.7 Å². The highest BCUT2D eigenvalue weighted by Crippen LogP contribution is 2.39. The molecular formula is C35H44F2N8O3S. The van der Waals surface area contributed by atoms with Gasteiger partial charge in [0, 0.05) is 31.0 Å². The molecule has 262 valence electrons. The molecule has 1 aliphatic carbocycles. The van der Waals surface area contributed by atoms with E-state index in [0.717, 1.165) is 47.2 Å². The first-order valence-electron chi connectivity index (χ1n) is 16.7. The van der Waals surface area contributed by atoms with E-state index < -0.39 is 21.7 Å². The third kappa shape index (κ3) is 7.17. The Morgan fingerprint density at radius 2 is 1.76 bits per heavy atom. The molecular weight excluding hydrogens is 651 g/mol. The lowest BCUT2D eigenvalue weighted by Crippen LogP contribution is -2.38. The lowest BCUT2D eigenvalue weighted by atomic mass is 9.81. The number of rotatable bonds is 13. The third-order valence-electron chi connectivity index (χ3n) is 9.30. The highest BCUT2D eigenvalue weighted by molar-refractivity contribution is 8.32. The first kappa shape index (κ1) is 33.5. The van der Waals surface area contributed by atoms with E-state index in [2.05, 4.69) is 28.6 Å². The Morgan fingerprint density at radius 3 is 2.45 bits per heavy atom. The van der Waals surface area contributed by atoms with Crippen molar-refractivity contribution in [3.63, 3.8) is 0 Å². The van der Waals surface area contributed by atoms with Crippen LogP contribution in [0.5, 0.6) is 5.75 Å². The van der Waals surface area contributed by atoms with E-state index in [1.807, 2.05) is 39.5 Å². The van der Waals surface area contributed by atoms with Gasteiger partial charge in [-0.25, -0.2) is 23.8 Å². The smallest absolute Gasteiger partial charge is 0.232 e. The Morgan fingerprint density at radius 1 is 0.980 bits per heavy atom. The highest BCUT2D eigenvalue weighted by atomic mass is 32.3. The number of nitrogens with zero attached hydrogens (tertiary/aromatic N) is 8. The van der Waals surface area contributed by atoms with Crippen molar-refractivity contribution in [1.82, 2.24) is 29.1 Å². The molecule has 1 aliphatic heterocycles. The molecule has 1 saturated carbocycles. The second-order valence-corrected chi connectivity index (χ2v) is 18.2. The van der Waals surface area contributed by atoms with E-state index in [9.17, 15) is 4.39 Å². The normalized spacial score (nSPS) is 16.0. The van der Waals surface area contributed by atoms with Crippen LogP contribution < -0.4 is 14.5 Å². The molecule has 4 heterocycles. The van der Waals surface area contributed by atoms with Crippen LogP contribution in [0.2, 0.25) is 0 Å². The summed E-state index contributed by atoms with van der Waals surface area (Å²) in [7, 11) is 0.866. The summed E-state index contributed by atoms with van der Waals surface area (Å²) >= 11 is 0. The first-order valence-corrected chi connectivity index (χ1v) is 19.7. The minimum atomic E-state index is -0.977. The summed E-state index contributed by atoms with van der Waals surface area (Å²) in [5.74, 6) is 1.87. The van der Waals surface area contributed by atoms with Crippen LogP contribution in [0.25, 0.3) is 16.7 Å². The van der Waals surface area contributed by atoms with Gasteiger partial charge in [0.15, 0.2) is 17.3 Å². The van der Waals surface area contributed by atoms with Gasteiger partial charge < -0.3 is 28.6 Å². The van der Waals surface area contributed by atoms with Crippen molar-refractivity contribution in [3.05, 3.63) is 71.2 Å². The van der Waals surface area contributed by atoms with Crippen molar-refractivity contribution in [2.75, 3.05) is 74.3 Å². The summed E-state index contributed by atoms with van der Waals surface area (Å²) < 4.78 is 50.6. The van der Waals surface area contributed by atoms with E-state index in [-0.39, 0.29) is 18.8 Å². The van der Waals surface area contributed by atoms with Crippen molar-refractivity contribution in [2.45, 2.75) is 45.0 Å². The molecule has 0 N–H and O–H groups in total. The number of methoxy groups -OCH3 is 1. The Kier molecular flexibility index (Phi) is 9.62. The summed E-state index contributed by atoms with van der Waals surface area (Å²) in [4.78, 5) is 19.1. The molecule has 14 heteroatoms. The zero-order chi connectivity index (χ0) is 34.1. The van der Waals surface area contributed by atoms with Gasteiger partial charge in [0.1, 0.15) is 23.8 Å². The zero-order valence-electron chi connectivity index (χ0n) is 28.6. The first-order chi connectivity index (χ1) is 23.7. The molecule has 0 amide bonds. The second-order valence-electron chi connectivity index (χ2n) is 13.6. The van der Waals surface area contributed by atoms with Crippen molar-refractivity contribution in [3.8, 4) is 5.75 Å². The molecule has 11 nitrogen and oxygen atoms in total. The molecule has 2 fully saturated rings. The fraction of sp³-hybridized carbons (Fsp3) is 0.486. The number of aromatic nitrogens is 6. The Labute approximate surface area is 286 Å². The van der Waals surface area contributed by atoms with Crippen LogP contribution in [0.1, 0.15) is 42.1 Å². The standard InChI is InChI=1S/C35H44F2N8O3S/c1-46-26-10-8-24(9-11-26)21-43(22-30-39-32-29(13-12-28(36)31(32)37)44(30)23-48-18-19-49(2,3)4)35-41-34(42-14-16-47-17-15-42)40-33-27(20-38-45(33)35)25-6-5-7-25/h8-13,20,25H,5-7,14-19,21-23H2,1-4H3. The average molecular weight is 695 g/mol. The number of halogens is 2. The fourth-order valence-electron chi connectivity index (χ4n) is 6.22. The minimum absolute atomic E-state index is 0.0300. The van der Waals surface area contributed by atoms with Gasteiger partial charge in [-0.3, -0.25) is 0 Å². The fourth-order valence-corrected chi connectivity index (χ4v) is 6.84. The average Bonchev–Trinajstić information content (AvgIpc) is 3.65. The second kappa shape index (κ2) is 14.1. The SMILES string of the molecule is COc1ccc(CN(Cc2nc3c(F)c(F)ccc3n2COCCS(C)(C)C)c2nc(N3CCOCC3)nc3c(C4CCC4)cnn23)cc1. The molecule has 0 atom stereocenters. The monoisotopic (exact) mass is 694 g/mol. The quantitative estimate of drug-likeness (QED) is 0.143. The van der Waals surface area contributed by atoms with E-state index in [0.29, 0.717) is 68.6 Å². The molecule has 0 radical (unpaired) electrons. The van der Waals surface area contributed by atoms with Gasteiger partial charge in [0.05, 0.1) is 45.2 Å². The molecule has 3 aromatic heterocycles. The molecule has 1 saturated heterocycles. The van der Waals surface area contributed by atoms with Gasteiger partial charge in [-0.05, 0) is 67.4 Å². The van der Waals surface area contributed by atoms with Gasteiger partial charge in [-0.2, -0.15) is 19.6 Å². The number of ether oxygens (including phenoxy) is 3. The molecule has 0 unspecified atom stereocenters. The van der Waals surface area contributed by atoms with Crippen molar-refractivity contribution >= 4 is 38.6 Å². The largest absolute Gasteiger partial charge is 0.497 e. The van der Waals surface area contributed by atoms with Crippen molar-refractivity contribution < 1.29 is 23.0 Å². The maximum Gasteiger partial charge on any atom is 0.232 e. The van der Waals surface area contributed by atoms with Crippen LogP contribution in [0.15, 0.2) is 42.6 Å². The van der Waals surface area contributed by atoms with Gasteiger partial charge >= 0.3 is 0 Å².